The van der Waals surface area contributed by atoms with Gasteiger partial charge in [-0.2, -0.15) is 0 Å². The molecule has 1 aliphatic heterocycles. The predicted octanol–water partition coefficient (Wildman–Crippen LogP) is 4.32. The van der Waals surface area contributed by atoms with E-state index < -0.39 is 0 Å². The molecule has 1 N–H and O–H groups in total. The number of halogens is 1. The van der Waals surface area contributed by atoms with Gasteiger partial charge in [-0.15, -0.1) is 0 Å². The SMILES string of the molecule is O=C(c1ccc(NC2CCCCCC2)cn1)N1CCN(c2ccc(F)cc2)CC1. The molecule has 1 saturated carbocycles. The average Bonchev–Trinajstić information content (AvgIpc) is 3.03. The van der Waals surface area contributed by atoms with Crippen LogP contribution >= 0.6 is 0 Å². The van der Waals surface area contributed by atoms with Crippen molar-refractivity contribution in [1.29, 1.82) is 0 Å². The molecule has 2 fully saturated rings. The van der Waals surface area contributed by atoms with Crippen molar-refractivity contribution < 1.29 is 9.18 Å². The average molecular weight is 397 g/mol. The van der Waals surface area contributed by atoms with Gasteiger partial charge in [0, 0.05) is 37.9 Å². The summed E-state index contributed by atoms with van der Waals surface area (Å²) in [6.07, 6.45) is 9.43. The summed E-state index contributed by atoms with van der Waals surface area (Å²) in [4.78, 5) is 21.3. The van der Waals surface area contributed by atoms with Crippen LogP contribution in [0.2, 0.25) is 0 Å². The smallest absolute Gasteiger partial charge is 0.272 e. The summed E-state index contributed by atoms with van der Waals surface area (Å²) < 4.78 is 13.1. The van der Waals surface area contributed by atoms with E-state index in [0.29, 0.717) is 24.8 Å². The zero-order valence-electron chi connectivity index (χ0n) is 16.8. The van der Waals surface area contributed by atoms with E-state index in [1.165, 1.54) is 50.7 Å². The Hall–Kier alpha value is -2.63. The minimum Gasteiger partial charge on any atom is -0.381 e. The van der Waals surface area contributed by atoms with Crippen LogP contribution in [0.25, 0.3) is 0 Å². The molecule has 5 nitrogen and oxygen atoms in total. The Balaban J connectivity index is 1.31. The van der Waals surface area contributed by atoms with Crippen LogP contribution in [0.1, 0.15) is 49.0 Å². The van der Waals surface area contributed by atoms with E-state index >= 15 is 0 Å². The summed E-state index contributed by atoms with van der Waals surface area (Å²) in [7, 11) is 0. The molecule has 1 saturated heterocycles. The highest BCUT2D eigenvalue weighted by molar-refractivity contribution is 5.92. The topological polar surface area (TPSA) is 48.5 Å². The Morgan fingerprint density at radius 2 is 1.62 bits per heavy atom. The molecule has 0 bridgehead atoms. The fourth-order valence-corrected chi connectivity index (χ4v) is 4.25. The highest BCUT2D eigenvalue weighted by Gasteiger charge is 2.23. The van der Waals surface area contributed by atoms with Crippen molar-refractivity contribution in [1.82, 2.24) is 9.88 Å². The van der Waals surface area contributed by atoms with Gasteiger partial charge in [0.05, 0.1) is 11.9 Å². The first kappa shape index (κ1) is 19.7. The van der Waals surface area contributed by atoms with Gasteiger partial charge in [0.2, 0.25) is 0 Å². The maximum atomic E-state index is 13.1. The third kappa shape index (κ3) is 5.05. The van der Waals surface area contributed by atoms with Gasteiger partial charge >= 0.3 is 0 Å². The summed E-state index contributed by atoms with van der Waals surface area (Å²) in [5.74, 6) is -0.254. The normalized spacial score (nSPS) is 18.4. The molecule has 1 aromatic carbocycles. The monoisotopic (exact) mass is 396 g/mol. The summed E-state index contributed by atoms with van der Waals surface area (Å²) in [6, 6.07) is 10.8. The van der Waals surface area contributed by atoms with Crippen LogP contribution in [0.5, 0.6) is 0 Å². The number of carbonyl (C=O) groups excluding carboxylic acids is 1. The second-order valence-electron chi connectivity index (χ2n) is 8.02. The summed E-state index contributed by atoms with van der Waals surface area (Å²) in [5, 5.41) is 3.57. The molecule has 1 aromatic heterocycles. The first-order valence-corrected chi connectivity index (χ1v) is 10.7. The van der Waals surface area contributed by atoms with Crippen molar-refractivity contribution in [3.05, 3.63) is 54.1 Å². The van der Waals surface area contributed by atoms with Crippen molar-refractivity contribution in [2.45, 2.75) is 44.6 Å². The lowest BCUT2D eigenvalue weighted by molar-refractivity contribution is 0.0741. The van der Waals surface area contributed by atoms with Crippen LogP contribution in [-0.2, 0) is 0 Å². The number of hydrogen-bond acceptors (Lipinski definition) is 4. The van der Waals surface area contributed by atoms with Crippen molar-refractivity contribution in [3.8, 4) is 0 Å². The molecule has 2 aliphatic rings. The molecule has 0 atom stereocenters. The molecule has 1 amide bonds. The molecule has 29 heavy (non-hydrogen) atoms. The lowest BCUT2D eigenvalue weighted by Crippen LogP contribution is -2.49. The molecule has 1 aliphatic carbocycles. The highest BCUT2D eigenvalue weighted by Crippen LogP contribution is 2.21. The maximum absolute atomic E-state index is 13.1. The largest absolute Gasteiger partial charge is 0.381 e. The fraction of sp³-hybridized carbons (Fsp3) is 0.478. The standard InChI is InChI=1S/C23H29FN4O/c24-18-7-10-21(11-8-18)27-13-15-28(16-14-27)23(29)22-12-9-20(17-25-22)26-19-5-3-1-2-4-6-19/h7-12,17,19,26H,1-6,13-16H2. The van der Waals surface area contributed by atoms with E-state index in [1.54, 1.807) is 18.3 Å². The van der Waals surface area contributed by atoms with Gasteiger partial charge < -0.3 is 15.1 Å². The quantitative estimate of drug-likeness (QED) is 0.782. The number of piperazine rings is 1. The predicted molar refractivity (Wildman–Crippen MR) is 114 cm³/mol. The summed E-state index contributed by atoms with van der Waals surface area (Å²) in [5.41, 5.74) is 2.48. The number of nitrogens with zero attached hydrogens (tertiary/aromatic N) is 3. The van der Waals surface area contributed by atoms with Gasteiger partial charge in [0.25, 0.3) is 5.91 Å². The molecule has 6 heteroatoms. The van der Waals surface area contributed by atoms with Crippen molar-refractivity contribution in [2.24, 2.45) is 0 Å². The number of aromatic nitrogens is 1. The van der Waals surface area contributed by atoms with Gasteiger partial charge in [-0.1, -0.05) is 25.7 Å². The van der Waals surface area contributed by atoms with Crippen LogP contribution in [0.15, 0.2) is 42.6 Å². The first-order valence-electron chi connectivity index (χ1n) is 10.7. The van der Waals surface area contributed by atoms with Gasteiger partial charge in [0.1, 0.15) is 11.5 Å². The molecule has 0 spiro atoms. The number of rotatable bonds is 4. The number of anilines is 2. The van der Waals surface area contributed by atoms with Crippen molar-refractivity contribution in [3.63, 3.8) is 0 Å². The van der Waals surface area contributed by atoms with Gasteiger partial charge in [0.15, 0.2) is 0 Å². The molecular weight excluding hydrogens is 367 g/mol. The van der Waals surface area contributed by atoms with Gasteiger partial charge in [-0.3, -0.25) is 4.79 Å². The minimum atomic E-state index is -0.231. The number of amides is 1. The van der Waals surface area contributed by atoms with Crippen LogP contribution in [0.3, 0.4) is 0 Å². The fourth-order valence-electron chi connectivity index (χ4n) is 4.25. The zero-order valence-corrected chi connectivity index (χ0v) is 16.8. The van der Waals surface area contributed by atoms with E-state index in [2.05, 4.69) is 15.2 Å². The number of benzene rings is 1. The van der Waals surface area contributed by atoms with Crippen LogP contribution in [-0.4, -0.2) is 48.0 Å². The summed E-state index contributed by atoms with van der Waals surface area (Å²) in [6.45, 7) is 2.75. The molecular formula is C23H29FN4O. The minimum absolute atomic E-state index is 0.0234. The second-order valence-corrected chi connectivity index (χ2v) is 8.02. The molecule has 2 heterocycles. The third-order valence-corrected chi connectivity index (χ3v) is 5.97. The Bertz CT molecular complexity index is 793. The molecule has 4 rings (SSSR count). The van der Waals surface area contributed by atoms with E-state index in [9.17, 15) is 9.18 Å². The molecule has 154 valence electrons. The van der Waals surface area contributed by atoms with Gasteiger partial charge in [-0.05, 0) is 49.2 Å². The highest BCUT2D eigenvalue weighted by atomic mass is 19.1. The Morgan fingerprint density at radius 1 is 0.931 bits per heavy atom. The van der Waals surface area contributed by atoms with Crippen molar-refractivity contribution in [2.75, 3.05) is 36.4 Å². The number of carbonyl (C=O) groups is 1. The van der Waals surface area contributed by atoms with E-state index in [4.69, 9.17) is 0 Å². The Kier molecular flexibility index (Phi) is 6.27. The van der Waals surface area contributed by atoms with Crippen molar-refractivity contribution >= 4 is 17.3 Å². The first-order chi connectivity index (χ1) is 14.2. The Labute approximate surface area is 171 Å². The Morgan fingerprint density at radius 3 is 2.24 bits per heavy atom. The van der Waals surface area contributed by atoms with Crippen LogP contribution < -0.4 is 10.2 Å². The number of nitrogens with one attached hydrogen (secondary N) is 1. The van der Waals surface area contributed by atoms with Crippen LogP contribution in [0, 0.1) is 5.82 Å². The summed E-state index contributed by atoms with van der Waals surface area (Å²) >= 11 is 0. The third-order valence-electron chi connectivity index (χ3n) is 5.97. The molecule has 0 unspecified atom stereocenters. The van der Waals surface area contributed by atoms with Gasteiger partial charge in [-0.25, -0.2) is 9.37 Å². The second kappa shape index (κ2) is 9.25. The van der Waals surface area contributed by atoms with Crippen LogP contribution in [0.4, 0.5) is 15.8 Å². The molecule has 0 radical (unpaired) electrons. The molecule has 2 aromatic rings. The van der Waals surface area contributed by atoms with E-state index in [-0.39, 0.29) is 11.7 Å². The number of pyridine rings is 1. The van der Waals surface area contributed by atoms with E-state index in [1.807, 2.05) is 17.0 Å². The lowest BCUT2D eigenvalue weighted by Gasteiger charge is -2.36. The van der Waals surface area contributed by atoms with E-state index in [0.717, 1.165) is 24.5 Å². The lowest BCUT2D eigenvalue weighted by atomic mass is 10.1. The zero-order chi connectivity index (χ0) is 20.1. The maximum Gasteiger partial charge on any atom is 0.272 e. The number of hydrogen-bond donors (Lipinski definition) is 1.